The van der Waals surface area contributed by atoms with E-state index in [-0.39, 0.29) is 25.7 Å². The normalized spacial score (nSPS) is 12.2. The van der Waals surface area contributed by atoms with Crippen LogP contribution in [0.1, 0.15) is 49.0 Å². The van der Waals surface area contributed by atoms with Crippen molar-refractivity contribution in [2.45, 2.75) is 51.8 Å². The second-order valence-corrected chi connectivity index (χ2v) is 9.41. The number of ether oxygens (including phenoxy) is 3. The highest BCUT2D eigenvalue weighted by atomic mass is 16.5. The minimum atomic E-state index is -1.06. The Bertz CT molecular complexity index is 1070. The molecule has 0 unspecified atom stereocenters. The topological polar surface area (TPSA) is 103 Å². The van der Waals surface area contributed by atoms with Gasteiger partial charge in [0.2, 0.25) is 5.91 Å². The van der Waals surface area contributed by atoms with Gasteiger partial charge in [0.25, 0.3) is 5.91 Å². The van der Waals surface area contributed by atoms with Crippen LogP contribution < -0.4 is 15.4 Å². The Hall–Kier alpha value is -3.91. The lowest BCUT2D eigenvalue weighted by Gasteiger charge is -2.24. The second-order valence-electron chi connectivity index (χ2n) is 9.41. The highest BCUT2D eigenvalue weighted by Gasteiger charge is 2.29. The van der Waals surface area contributed by atoms with E-state index in [1.807, 2.05) is 50.3 Å². The molecule has 0 fully saturated rings. The molecule has 0 aliphatic rings. The molecule has 2 atom stereocenters. The zero-order valence-corrected chi connectivity index (χ0v) is 22.9. The van der Waals surface area contributed by atoms with E-state index in [2.05, 4.69) is 23.8 Å². The summed E-state index contributed by atoms with van der Waals surface area (Å²) in [6, 6.07) is 14.2. The summed E-state index contributed by atoms with van der Waals surface area (Å²) in [5.41, 5.74) is 1.14. The van der Waals surface area contributed by atoms with Crippen molar-refractivity contribution in [1.82, 2.24) is 10.6 Å². The summed E-state index contributed by atoms with van der Waals surface area (Å²) >= 11 is 0. The van der Waals surface area contributed by atoms with Crippen molar-refractivity contribution in [2.24, 2.45) is 5.92 Å². The number of hydrogen-bond donors (Lipinski definition) is 2. The van der Waals surface area contributed by atoms with Gasteiger partial charge in [-0.15, -0.1) is 13.2 Å². The summed E-state index contributed by atoms with van der Waals surface area (Å²) in [7, 11) is 0. The van der Waals surface area contributed by atoms with E-state index >= 15 is 0 Å². The fourth-order valence-corrected chi connectivity index (χ4v) is 3.67. The third-order valence-electron chi connectivity index (χ3n) is 5.62. The SMILES string of the molecule is C=CCCCOc1ccccc1C(=O)N[C@@H](CC(C)C)C(=O)N[C@@H](COCC=C)C(=O)OCc1ccccc1. The Morgan fingerprint density at radius 3 is 2.33 bits per heavy atom. The molecule has 8 nitrogen and oxygen atoms in total. The second kappa shape index (κ2) is 17.6. The molecule has 0 saturated carbocycles. The van der Waals surface area contributed by atoms with Gasteiger partial charge in [0.15, 0.2) is 6.04 Å². The van der Waals surface area contributed by atoms with Crippen LogP contribution in [0.4, 0.5) is 0 Å². The van der Waals surface area contributed by atoms with Gasteiger partial charge in [-0.1, -0.05) is 68.5 Å². The highest BCUT2D eigenvalue weighted by molar-refractivity contribution is 6.00. The minimum absolute atomic E-state index is 0.0588. The summed E-state index contributed by atoms with van der Waals surface area (Å²) in [6.45, 7) is 11.8. The van der Waals surface area contributed by atoms with Gasteiger partial charge >= 0.3 is 5.97 Å². The monoisotopic (exact) mass is 536 g/mol. The molecule has 0 bridgehead atoms. The highest BCUT2D eigenvalue weighted by Crippen LogP contribution is 2.19. The molecule has 2 rings (SSSR count). The molecular weight excluding hydrogens is 496 g/mol. The number of carbonyl (C=O) groups excluding carboxylic acids is 3. The number of hydrogen-bond acceptors (Lipinski definition) is 6. The van der Waals surface area contributed by atoms with Crippen LogP contribution in [0, 0.1) is 5.92 Å². The number of amides is 2. The van der Waals surface area contributed by atoms with Crippen LogP contribution in [0.5, 0.6) is 5.75 Å². The van der Waals surface area contributed by atoms with E-state index in [9.17, 15) is 14.4 Å². The van der Waals surface area contributed by atoms with Crippen molar-refractivity contribution in [1.29, 1.82) is 0 Å². The predicted octanol–water partition coefficient (Wildman–Crippen LogP) is 4.61. The van der Waals surface area contributed by atoms with E-state index in [4.69, 9.17) is 14.2 Å². The zero-order valence-electron chi connectivity index (χ0n) is 22.9. The van der Waals surface area contributed by atoms with Gasteiger partial charge in [-0.3, -0.25) is 9.59 Å². The first-order valence-corrected chi connectivity index (χ1v) is 13.2. The van der Waals surface area contributed by atoms with E-state index < -0.39 is 29.9 Å². The van der Waals surface area contributed by atoms with Crippen molar-refractivity contribution in [3.05, 3.63) is 91.0 Å². The van der Waals surface area contributed by atoms with Gasteiger partial charge in [-0.25, -0.2) is 4.79 Å². The first-order chi connectivity index (χ1) is 18.8. The molecule has 0 aliphatic heterocycles. The van der Waals surface area contributed by atoms with Crippen molar-refractivity contribution in [3.63, 3.8) is 0 Å². The number of carbonyl (C=O) groups is 3. The Balaban J connectivity index is 2.12. The van der Waals surface area contributed by atoms with E-state index in [0.29, 0.717) is 24.3 Å². The van der Waals surface area contributed by atoms with Gasteiger partial charge in [0.1, 0.15) is 18.4 Å². The molecule has 0 aliphatic carbocycles. The van der Waals surface area contributed by atoms with Crippen LogP contribution in [0.2, 0.25) is 0 Å². The Morgan fingerprint density at radius 2 is 1.64 bits per heavy atom. The van der Waals surface area contributed by atoms with Crippen LogP contribution in [0.25, 0.3) is 0 Å². The molecule has 0 spiro atoms. The number of para-hydroxylation sites is 1. The molecule has 0 heterocycles. The first kappa shape index (κ1) is 31.3. The molecule has 8 heteroatoms. The maximum atomic E-state index is 13.3. The van der Waals surface area contributed by atoms with Crippen molar-refractivity contribution in [2.75, 3.05) is 19.8 Å². The van der Waals surface area contributed by atoms with Crippen LogP contribution in [-0.2, 0) is 25.7 Å². The number of rotatable bonds is 18. The van der Waals surface area contributed by atoms with Gasteiger partial charge in [0.05, 0.1) is 25.4 Å². The van der Waals surface area contributed by atoms with Crippen molar-refractivity contribution >= 4 is 17.8 Å². The molecule has 39 heavy (non-hydrogen) atoms. The molecule has 0 radical (unpaired) electrons. The molecule has 2 N–H and O–H groups in total. The number of nitrogens with one attached hydrogen (secondary N) is 2. The lowest BCUT2D eigenvalue weighted by Crippen LogP contribution is -2.53. The molecule has 2 aromatic carbocycles. The Kier molecular flexibility index (Phi) is 14.1. The third kappa shape index (κ3) is 11.6. The zero-order chi connectivity index (χ0) is 28.5. The summed E-state index contributed by atoms with van der Waals surface area (Å²) in [4.78, 5) is 39.4. The molecule has 2 amide bonds. The summed E-state index contributed by atoms with van der Waals surface area (Å²) in [5.74, 6) is -1.06. The lowest BCUT2D eigenvalue weighted by atomic mass is 10.0. The van der Waals surface area contributed by atoms with Crippen LogP contribution in [0.15, 0.2) is 79.9 Å². The average molecular weight is 537 g/mol. The van der Waals surface area contributed by atoms with Gasteiger partial charge in [-0.2, -0.15) is 0 Å². The minimum Gasteiger partial charge on any atom is -0.493 e. The van der Waals surface area contributed by atoms with Crippen molar-refractivity contribution < 1.29 is 28.6 Å². The number of unbranched alkanes of at least 4 members (excludes halogenated alkanes) is 1. The summed E-state index contributed by atoms with van der Waals surface area (Å²) < 4.78 is 16.7. The van der Waals surface area contributed by atoms with Gasteiger partial charge in [-0.05, 0) is 42.9 Å². The van der Waals surface area contributed by atoms with E-state index in [1.165, 1.54) is 0 Å². The lowest BCUT2D eigenvalue weighted by molar-refractivity contribution is -0.151. The number of allylic oxidation sites excluding steroid dienone is 1. The maximum absolute atomic E-state index is 13.3. The average Bonchev–Trinajstić information content (AvgIpc) is 2.93. The fourth-order valence-electron chi connectivity index (χ4n) is 3.67. The predicted molar refractivity (Wildman–Crippen MR) is 151 cm³/mol. The number of benzene rings is 2. The number of esters is 1. The molecular formula is C31H40N2O6. The van der Waals surface area contributed by atoms with Gasteiger partial charge < -0.3 is 24.8 Å². The first-order valence-electron chi connectivity index (χ1n) is 13.2. The standard InChI is InChI=1S/C31H40N2O6/c1-5-7-13-19-38-28-17-12-11-16-25(28)29(34)32-26(20-23(3)4)30(35)33-27(22-37-18-6-2)31(36)39-21-24-14-9-8-10-15-24/h5-6,8-12,14-17,23,26-27H,1-2,7,13,18-22H2,3-4H3,(H,32,34)(H,33,35)/t26-,27-/m0/s1. The fraction of sp³-hybridized carbons (Fsp3) is 0.387. The molecule has 210 valence electrons. The van der Waals surface area contributed by atoms with Crippen LogP contribution in [-0.4, -0.2) is 49.7 Å². The quantitative estimate of drug-likeness (QED) is 0.164. The smallest absolute Gasteiger partial charge is 0.331 e. The summed E-state index contributed by atoms with van der Waals surface area (Å²) in [6.07, 6.45) is 5.29. The Morgan fingerprint density at radius 1 is 0.923 bits per heavy atom. The van der Waals surface area contributed by atoms with E-state index in [0.717, 1.165) is 18.4 Å². The third-order valence-corrected chi connectivity index (χ3v) is 5.62. The van der Waals surface area contributed by atoms with Crippen molar-refractivity contribution in [3.8, 4) is 5.75 Å². The largest absolute Gasteiger partial charge is 0.493 e. The summed E-state index contributed by atoms with van der Waals surface area (Å²) in [5, 5.41) is 5.53. The molecule has 0 aromatic heterocycles. The molecule has 2 aromatic rings. The van der Waals surface area contributed by atoms with E-state index in [1.54, 1.807) is 30.3 Å². The van der Waals surface area contributed by atoms with Crippen LogP contribution >= 0.6 is 0 Å². The maximum Gasteiger partial charge on any atom is 0.331 e. The van der Waals surface area contributed by atoms with Gasteiger partial charge in [0, 0.05) is 0 Å². The Labute approximate surface area is 231 Å². The van der Waals surface area contributed by atoms with Crippen LogP contribution in [0.3, 0.4) is 0 Å². The molecule has 0 saturated heterocycles.